The Hall–Kier alpha value is -1.52. The van der Waals surface area contributed by atoms with E-state index in [1.165, 1.54) is 18.4 Å². The van der Waals surface area contributed by atoms with E-state index in [-0.39, 0.29) is 12.3 Å². The fourth-order valence-corrected chi connectivity index (χ4v) is 2.49. The first kappa shape index (κ1) is 14.5. The van der Waals surface area contributed by atoms with Crippen molar-refractivity contribution in [1.29, 1.82) is 5.26 Å². The SMILES string of the molecule is Cc1c(C#N)c(N)n(CCS(=O)(=O)N(C)C)c1C. The molecule has 0 radical (unpaired) electrons. The van der Waals surface area contributed by atoms with Crippen LogP contribution in [-0.2, 0) is 16.6 Å². The molecule has 1 aromatic rings. The predicted molar refractivity (Wildman–Crippen MR) is 70.5 cm³/mol. The van der Waals surface area contributed by atoms with Gasteiger partial charge in [0.15, 0.2) is 0 Å². The lowest BCUT2D eigenvalue weighted by molar-refractivity contribution is 0.515. The van der Waals surface area contributed by atoms with Gasteiger partial charge in [-0.1, -0.05) is 0 Å². The van der Waals surface area contributed by atoms with E-state index in [1.807, 2.05) is 13.0 Å². The van der Waals surface area contributed by atoms with Gasteiger partial charge in [0, 0.05) is 26.3 Å². The van der Waals surface area contributed by atoms with Gasteiger partial charge >= 0.3 is 0 Å². The number of nitriles is 1. The predicted octanol–water partition coefficient (Wildman–Crippen LogP) is 0.450. The van der Waals surface area contributed by atoms with Crippen molar-refractivity contribution in [2.75, 3.05) is 25.6 Å². The Labute approximate surface area is 108 Å². The van der Waals surface area contributed by atoms with Crippen molar-refractivity contribution >= 4 is 15.8 Å². The van der Waals surface area contributed by atoms with Crippen LogP contribution in [0.1, 0.15) is 16.8 Å². The lowest BCUT2D eigenvalue weighted by Gasteiger charge is -2.13. The van der Waals surface area contributed by atoms with Gasteiger partial charge < -0.3 is 10.3 Å². The van der Waals surface area contributed by atoms with E-state index in [0.29, 0.717) is 11.4 Å². The highest BCUT2D eigenvalue weighted by Crippen LogP contribution is 2.23. The highest BCUT2D eigenvalue weighted by atomic mass is 32.2. The van der Waals surface area contributed by atoms with E-state index in [4.69, 9.17) is 11.0 Å². The molecular weight excluding hydrogens is 252 g/mol. The Morgan fingerprint density at radius 1 is 1.39 bits per heavy atom. The molecule has 0 saturated carbocycles. The minimum absolute atomic E-state index is 0.0377. The second kappa shape index (κ2) is 5.00. The maximum atomic E-state index is 11.7. The second-order valence-electron chi connectivity index (χ2n) is 4.33. The van der Waals surface area contributed by atoms with Crippen LogP contribution in [0.2, 0.25) is 0 Å². The van der Waals surface area contributed by atoms with Crippen molar-refractivity contribution < 1.29 is 8.42 Å². The summed E-state index contributed by atoms with van der Waals surface area (Å²) < 4.78 is 26.2. The Balaban J connectivity index is 3.05. The van der Waals surface area contributed by atoms with Crippen molar-refractivity contribution in [3.63, 3.8) is 0 Å². The third-order valence-electron chi connectivity index (χ3n) is 3.11. The minimum Gasteiger partial charge on any atom is -0.384 e. The monoisotopic (exact) mass is 270 g/mol. The van der Waals surface area contributed by atoms with E-state index in [0.717, 1.165) is 11.3 Å². The van der Waals surface area contributed by atoms with Gasteiger partial charge in [-0.3, -0.25) is 0 Å². The summed E-state index contributed by atoms with van der Waals surface area (Å²) in [5, 5.41) is 8.98. The van der Waals surface area contributed by atoms with Crippen LogP contribution in [0.5, 0.6) is 0 Å². The first-order valence-electron chi connectivity index (χ1n) is 5.47. The molecule has 0 aliphatic heterocycles. The number of aromatic nitrogens is 1. The zero-order valence-corrected chi connectivity index (χ0v) is 11.9. The smallest absolute Gasteiger partial charge is 0.215 e. The molecule has 0 bridgehead atoms. The minimum atomic E-state index is -3.27. The van der Waals surface area contributed by atoms with Crippen molar-refractivity contribution in [2.45, 2.75) is 20.4 Å². The van der Waals surface area contributed by atoms with Crippen LogP contribution in [0.25, 0.3) is 0 Å². The molecule has 0 spiro atoms. The number of hydrogen-bond donors (Lipinski definition) is 1. The van der Waals surface area contributed by atoms with Gasteiger partial charge in [0.2, 0.25) is 10.0 Å². The third-order valence-corrected chi connectivity index (χ3v) is 4.92. The lowest BCUT2D eigenvalue weighted by Crippen LogP contribution is -2.27. The number of hydrogen-bond acceptors (Lipinski definition) is 4. The van der Waals surface area contributed by atoms with Gasteiger partial charge in [-0.05, 0) is 19.4 Å². The fraction of sp³-hybridized carbons (Fsp3) is 0.545. The summed E-state index contributed by atoms with van der Waals surface area (Å²) in [5.41, 5.74) is 7.91. The summed E-state index contributed by atoms with van der Waals surface area (Å²) in [4.78, 5) is 0. The van der Waals surface area contributed by atoms with Crippen molar-refractivity contribution in [3.05, 3.63) is 16.8 Å². The zero-order valence-electron chi connectivity index (χ0n) is 11.1. The normalized spacial score (nSPS) is 11.8. The summed E-state index contributed by atoms with van der Waals surface area (Å²) in [5.74, 6) is 0.297. The molecule has 0 saturated heterocycles. The molecule has 1 aromatic heterocycles. The molecule has 18 heavy (non-hydrogen) atoms. The third kappa shape index (κ3) is 2.49. The molecule has 7 heteroatoms. The average molecular weight is 270 g/mol. The number of sulfonamides is 1. The molecular formula is C11H18N4O2S. The molecule has 0 amide bonds. The van der Waals surface area contributed by atoms with E-state index < -0.39 is 10.0 Å². The molecule has 6 nitrogen and oxygen atoms in total. The van der Waals surface area contributed by atoms with Crippen molar-refractivity contribution in [1.82, 2.24) is 8.87 Å². The highest BCUT2D eigenvalue weighted by Gasteiger charge is 2.18. The molecule has 0 unspecified atom stereocenters. The molecule has 0 aliphatic rings. The van der Waals surface area contributed by atoms with Crippen LogP contribution < -0.4 is 5.73 Å². The van der Waals surface area contributed by atoms with Gasteiger partial charge in [0.05, 0.1) is 11.3 Å². The van der Waals surface area contributed by atoms with E-state index in [1.54, 1.807) is 11.5 Å². The van der Waals surface area contributed by atoms with E-state index >= 15 is 0 Å². The molecule has 100 valence electrons. The van der Waals surface area contributed by atoms with Crippen molar-refractivity contribution in [2.24, 2.45) is 0 Å². The van der Waals surface area contributed by atoms with Crippen LogP contribution in [0.4, 0.5) is 5.82 Å². The lowest BCUT2D eigenvalue weighted by atomic mass is 10.2. The van der Waals surface area contributed by atoms with Gasteiger partial charge in [0.25, 0.3) is 0 Å². The summed E-state index contributed by atoms with van der Waals surface area (Å²) in [6.07, 6.45) is 0. The quantitative estimate of drug-likeness (QED) is 0.859. The van der Waals surface area contributed by atoms with Gasteiger partial charge in [0.1, 0.15) is 11.9 Å². The van der Waals surface area contributed by atoms with Crippen molar-refractivity contribution in [3.8, 4) is 6.07 Å². The molecule has 0 aliphatic carbocycles. The van der Waals surface area contributed by atoms with Crippen LogP contribution in [0.3, 0.4) is 0 Å². The number of nitrogens with two attached hydrogens (primary N) is 1. The summed E-state index contributed by atoms with van der Waals surface area (Å²) in [7, 11) is -0.280. The number of nitrogens with zero attached hydrogens (tertiary/aromatic N) is 3. The van der Waals surface area contributed by atoms with Gasteiger partial charge in [-0.15, -0.1) is 0 Å². The first-order chi connectivity index (χ1) is 8.22. The largest absolute Gasteiger partial charge is 0.384 e. The second-order valence-corrected chi connectivity index (χ2v) is 6.63. The number of anilines is 1. The molecule has 2 N–H and O–H groups in total. The molecule has 0 fully saturated rings. The Morgan fingerprint density at radius 3 is 2.33 bits per heavy atom. The molecule has 0 atom stereocenters. The number of nitrogen functional groups attached to an aromatic ring is 1. The standard InChI is InChI=1S/C11H18N4O2S/c1-8-9(2)15(11(13)10(8)7-12)5-6-18(16,17)14(3)4/h5-6,13H2,1-4H3. The molecule has 1 heterocycles. The average Bonchev–Trinajstić information content (AvgIpc) is 2.48. The van der Waals surface area contributed by atoms with Crippen LogP contribution in [0.15, 0.2) is 0 Å². The Morgan fingerprint density at radius 2 is 1.94 bits per heavy atom. The first-order valence-corrected chi connectivity index (χ1v) is 7.08. The van der Waals surface area contributed by atoms with E-state index in [2.05, 4.69) is 0 Å². The summed E-state index contributed by atoms with van der Waals surface area (Å²) >= 11 is 0. The van der Waals surface area contributed by atoms with Gasteiger partial charge in [-0.2, -0.15) is 5.26 Å². The highest BCUT2D eigenvalue weighted by molar-refractivity contribution is 7.89. The topological polar surface area (TPSA) is 92.1 Å². The molecule has 0 aromatic carbocycles. The molecule has 1 rings (SSSR count). The summed E-state index contributed by atoms with van der Waals surface area (Å²) in [6.45, 7) is 3.89. The maximum absolute atomic E-state index is 11.7. The fourth-order valence-electron chi connectivity index (χ4n) is 1.71. The van der Waals surface area contributed by atoms with Crippen LogP contribution >= 0.6 is 0 Å². The maximum Gasteiger partial charge on any atom is 0.215 e. The summed E-state index contributed by atoms with van der Waals surface area (Å²) in [6, 6.07) is 2.04. The van der Waals surface area contributed by atoms with Crippen LogP contribution in [-0.4, -0.2) is 37.1 Å². The van der Waals surface area contributed by atoms with Crippen LogP contribution in [0, 0.1) is 25.2 Å². The Kier molecular flexibility index (Phi) is 4.04. The number of rotatable bonds is 4. The Bertz CT molecular complexity index is 594. The zero-order chi connectivity index (χ0) is 14.1. The van der Waals surface area contributed by atoms with Gasteiger partial charge in [-0.25, -0.2) is 12.7 Å². The van der Waals surface area contributed by atoms with E-state index in [9.17, 15) is 8.42 Å².